The minimum absolute atomic E-state index is 0.371. The fourth-order valence-electron chi connectivity index (χ4n) is 3.04. The lowest BCUT2D eigenvalue weighted by Gasteiger charge is -2.11. The van der Waals surface area contributed by atoms with Crippen molar-refractivity contribution in [1.82, 2.24) is 5.43 Å². The van der Waals surface area contributed by atoms with Gasteiger partial charge in [0.2, 0.25) is 11.8 Å². The van der Waals surface area contributed by atoms with Crippen LogP contribution >= 0.6 is 0 Å². The molecule has 0 atom stereocenters. The summed E-state index contributed by atoms with van der Waals surface area (Å²) in [6, 6.07) is 18.7. The van der Waals surface area contributed by atoms with Gasteiger partial charge in [-0.3, -0.25) is 9.59 Å². The molecule has 7 nitrogen and oxygen atoms in total. The zero-order chi connectivity index (χ0) is 22.1. The Morgan fingerprint density at radius 1 is 0.968 bits per heavy atom. The molecular weight excluding hydrogens is 394 g/mol. The average Bonchev–Trinajstić information content (AvgIpc) is 2.78. The van der Waals surface area contributed by atoms with Crippen LogP contribution in [0.15, 0.2) is 65.8 Å². The maximum atomic E-state index is 12.2. The van der Waals surface area contributed by atoms with Crippen LogP contribution in [0.2, 0.25) is 0 Å². The van der Waals surface area contributed by atoms with Crippen LogP contribution in [0.3, 0.4) is 0 Å². The Hall–Kier alpha value is -3.87. The van der Waals surface area contributed by atoms with E-state index in [0.29, 0.717) is 23.8 Å². The van der Waals surface area contributed by atoms with Crippen molar-refractivity contribution in [3.63, 3.8) is 0 Å². The smallest absolute Gasteiger partial charge is 0.249 e. The number of ether oxygens (including phenoxy) is 2. The van der Waals surface area contributed by atoms with E-state index in [1.54, 1.807) is 30.5 Å². The van der Waals surface area contributed by atoms with Gasteiger partial charge in [-0.25, -0.2) is 5.43 Å². The molecule has 0 spiro atoms. The fourth-order valence-corrected chi connectivity index (χ4v) is 3.04. The Balaban J connectivity index is 1.66. The van der Waals surface area contributed by atoms with Gasteiger partial charge in [0.1, 0.15) is 17.9 Å². The SMILES string of the molecule is CCCOc1ccc2ccccc2c1C=NNC(=O)CC(=O)Nc1ccccc1OC. The van der Waals surface area contributed by atoms with Crippen molar-refractivity contribution in [3.05, 3.63) is 66.2 Å². The van der Waals surface area contributed by atoms with Crippen LogP contribution in [0.25, 0.3) is 10.8 Å². The molecule has 3 aromatic rings. The van der Waals surface area contributed by atoms with Gasteiger partial charge in [0, 0.05) is 5.56 Å². The summed E-state index contributed by atoms with van der Waals surface area (Å²) in [6.07, 6.45) is 2.05. The topological polar surface area (TPSA) is 89.0 Å². The van der Waals surface area contributed by atoms with Gasteiger partial charge in [-0.2, -0.15) is 5.10 Å². The van der Waals surface area contributed by atoms with E-state index in [-0.39, 0.29) is 6.42 Å². The molecule has 31 heavy (non-hydrogen) atoms. The number of amides is 2. The molecule has 0 aliphatic carbocycles. The van der Waals surface area contributed by atoms with Crippen molar-refractivity contribution in [1.29, 1.82) is 0 Å². The molecular formula is C24H25N3O4. The quantitative estimate of drug-likeness (QED) is 0.310. The third kappa shape index (κ3) is 5.82. The molecule has 160 valence electrons. The largest absolute Gasteiger partial charge is 0.495 e. The summed E-state index contributed by atoms with van der Waals surface area (Å²) in [4.78, 5) is 24.3. The Kier molecular flexibility index (Phi) is 7.59. The molecule has 7 heteroatoms. The molecule has 0 radical (unpaired) electrons. The third-order valence-corrected chi connectivity index (χ3v) is 4.48. The number of methoxy groups -OCH3 is 1. The van der Waals surface area contributed by atoms with E-state index in [9.17, 15) is 9.59 Å². The molecule has 0 saturated heterocycles. The predicted molar refractivity (Wildman–Crippen MR) is 122 cm³/mol. The van der Waals surface area contributed by atoms with Crippen LogP contribution < -0.4 is 20.2 Å². The summed E-state index contributed by atoms with van der Waals surface area (Å²) in [5.41, 5.74) is 3.68. The second-order valence-corrected chi connectivity index (χ2v) is 6.77. The molecule has 0 aliphatic rings. The van der Waals surface area contributed by atoms with Gasteiger partial charge in [-0.05, 0) is 35.4 Å². The van der Waals surface area contributed by atoms with Crippen molar-refractivity contribution in [2.45, 2.75) is 19.8 Å². The normalized spacial score (nSPS) is 10.8. The number of hydrogen-bond donors (Lipinski definition) is 2. The van der Waals surface area contributed by atoms with E-state index in [2.05, 4.69) is 15.8 Å². The van der Waals surface area contributed by atoms with Gasteiger partial charge in [-0.15, -0.1) is 0 Å². The number of para-hydroxylation sites is 2. The number of hydrazone groups is 1. The summed E-state index contributed by atoms with van der Waals surface area (Å²) in [5, 5.41) is 8.70. The Bertz CT molecular complexity index is 1100. The van der Waals surface area contributed by atoms with E-state index in [1.165, 1.54) is 7.11 Å². The molecule has 0 bridgehead atoms. The summed E-state index contributed by atoms with van der Waals surface area (Å²) in [5.74, 6) is 0.214. The first-order valence-electron chi connectivity index (χ1n) is 10.0. The standard InChI is InChI=1S/C24H25N3O4/c1-3-14-31-21-13-12-17-8-4-5-9-18(17)19(21)16-25-27-24(29)15-23(28)26-20-10-6-7-11-22(20)30-2/h4-13,16H,3,14-15H2,1-2H3,(H,26,28)(H,27,29). The van der Waals surface area contributed by atoms with Gasteiger partial charge in [-0.1, -0.05) is 49.4 Å². The molecule has 0 heterocycles. The lowest BCUT2D eigenvalue weighted by Crippen LogP contribution is -2.24. The van der Waals surface area contributed by atoms with Gasteiger partial charge in [0.15, 0.2) is 0 Å². The molecule has 0 aromatic heterocycles. The number of anilines is 1. The van der Waals surface area contributed by atoms with Gasteiger partial charge >= 0.3 is 0 Å². The monoisotopic (exact) mass is 419 g/mol. The first kappa shape index (κ1) is 21.8. The number of fused-ring (bicyclic) bond motifs is 1. The molecule has 2 N–H and O–H groups in total. The van der Waals surface area contributed by atoms with E-state index in [1.807, 2.05) is 43.3 Å². The summed E-state index contributed by atoms with van der Waals surface area (Å²) in [6.45, 7) is 2.61. The number of nitrogens with zero attached hydrogens (tertiary/aromatic N) is 1. The van der Waals surface area contributed by atoms with Crippen LogP contribution in [0.5, 0.6) is 11.5 Å². The predicted octanol–water partition coefficient (Wildman–Crippen LogP) is 4.12. The van der Waals surface area contributed by atoms with Crippen LogP contribution in [0.4, 0.5) is 5.69 Å². The number of nitrogens with one attached hydrogen (secondary N) is 2. The zero-order valence-corrected chi connectivity index (χ0v) is 17.6. The summed E-state index contributed by atoms with van der Waals surface area (Å²) < 4.78 is 11.0. The second-order valence-electron chi connectivity index (χ2n) is 6.77. The van der Waals surface area contributed by atoms with Crippen molar-refractivity contribution in [3.8, 4) is 11.5 Å². The average molecular weight is 419 g/mol. The maximum Gasteiger partial charge on any atom is 0.249 e. The lowest BCUT2D eigenvalue weighted by molar-refractivity contribution is -0.126. The number of rotatable bonds is 9. The van der Waals surface area contributed by atoms with E-state index >= 15 is 0 Å². The fraction of sp³-hybridized carbons (Fsp3) is 0.208. The van der Waals surface area contributed by atoms with E-state index < -0.39 is 11.8 Å². The maximum absolute atomic E-state index is 12.2. The lowest BCUT2D eigenvalue weighted by atomic mass is 10.0. The minimum atomic E-state index is -0.528. The number of carbonyl (C=O) groups is 2. The molecule has 3 rings (SSSR count). The highest BCUT2D eigenvalue weighted by Gasteiger charge is 2.12. The first-order chi connectivity index (χ1) is 15.1. The molecule has 0 fully saturated rings. The van der Waals surface area contributed by atoms with Crippen molar-refractivity contribution >= 4 is 34.5 Å². The van der Waals surface area contributed by atoms with E-state index in [4.69, 9.17) is 9.47 Å². The van der Waals surface area contributed by atoms with Gasteiger partial charge < -0.3 is 14.8 Å². The summed E-state index contributed by atoms with van der Waals surface area (Å²) >= 11 is 0. The van der Waals surface area contributed by atoms with Crippen LogP contribution in [-0.4, -0.2) is 31.7 Å². The Labute approximate surface area is 181 Å². The minimum Gasteiger partial charge on any atom is -0.495 e. The highest BCUT2D eigenvalue weighted by Crippen LogP contribution is 2.27. The number of benzene rings is 3. The van der Waals surface area contributed by atoms with Gasteiger partial charge in [0.05, 0.1) is 25.6 Å². The molecule has 0 saturated carbocycles. The Morgan fingerprint density at radius 2 is 1.74 bits per heavy atom. The number of carbonyl (C=O) groups excluding carboxylic acids is 2. The summed E-state index contributed by atoms with van der Waals surface area (Å²) in [7, 11) is 1.51. The third-order valence-electron chi connectivity index (χ3n) is 4.48. The highest BCUT2D eigenvalue weighted by atomic mass is 16.5. The van der Waals surface area contributed by atoms with Crippen molar-refractivity contribution in [2.75, 3.05) is 19.0 Å². The van der Waals surface area contributed by atoms with E-state index in [0.717, 1.165) is 22.8 Å². The highest BCUT2D eigenvalue weighted by molar-refractivity contribution is 6.05. The number of hydrogen-bond acceptors (Lipinski definition) is 5. The van der Waals surface area contributed by atoms with Crippen molar-refractivity contribution in [2.24, 2.45) is 5.10 Å². The van der Waals surface area contributed by atoms with Crippen LogP contribution in [0.1, 0.15) is 25.3 Å². The second kappa shape index (κ2) is 10.8. The molecule has 0 aliphatic heterocycles. The van der Waals surface area contributed by atoms with Gasteiger partial charge in [0.25, 0.3) is 0 Å². The molecule has 3 aromatic carbocycles. The zero-order valence-electron chi connectivity index (χ0n) is 17.6. The first-order valence-corrected chi connectivity index (χ1v) is 10.0. The molecule has 2 amide bonds. The van der Waals surface area contributed by atoms with Crippen molar-refractivity contribution < 1.29 is 19.1 Å². The van der Waals surface area contributed by atoms with Crippen LogP contribution in [0, 0.1) is 0 Å². The Morgan fingerprint density at radius 3 is 2.55 bits per heavy atom. The van der Waals surface area contributed by atoms with Crippen LogP contribution in [-0.2, 0) is 9.59 Å². The molecule has 0 unspecified atom stereocenters.